The van der Waals surface area contributed by atoms with E-state index in [1.165, 1.54) is 10.9 Å². The highest BCUT2D eigenvalue weighted by atomic mass is 16.1. The zero-order valence-electron chi connectivity index (χ0n) is 16.3. The van der Waals surface area contributed by atoms with Crippen LogP contribution < -0.4 is 11.1 Å². The topological polar surface area (TPSA) is 122 Å². The van der Waals surface area contributed by atoms with Gasteiger partial charge in [0, 0.05) is 12.2 Å². The molecule has 0 bridgehead atoms. The Kier molecular flexibility index (Phi) is 5.69. The molecule has 3 N–H and O–H groups in total. The van der Waals surface area contributed by atoms with Gasteiger partial charge in [0.1, 0.15) is 11.9 Å². The maximum atomic E-state index is 12.7. The third-order valence-electron chi connectivity index (χ3n) is 4.64. The van der Waals surface area contributed by atoms with Gasteiger partial charge in [-0.15, -0.1) is 0 Å². The molecule has 2 aromatic heterocycles. The number of pyridine rings is 1. The number of rotatable bonds is 6. The summed E-state index contributed by atoms with van der Waals surface area (Å²) in [5, 5.41) is 16.6. The summed E-state index contributed by atoms with van der Waals surface area (Å²) in [5.41, 5.74) is 10.5. The van der Waals surface area contributed by atoms with Crippen LogP contribution in [0.4, 0.5) is 11.5 Å². The Bertz CT molecular complexity index is 1080. The number of aliphatic imine (C=N–C) groups is 1. The highest BCUT2D eigenvalue weighted by Crippen LogP contribution is 2.17. The maximum Gasteiger partial charge on any atom is 0.256 e. The van der Waals surface area contributed by atoms with E-state index in [-0.39, 0.29) is 23.7 Å². The number of carbonyl (C=O) groups excluding carboxylic acids is 1. The quantitative estimate of drug-likeness (QED) is 0.630. The lowest BCUT2D eigenvalue weighted by molar-refractivity contribution is 0.0950. The highest BCUT2D eigenvalue weighted by Gasteiger charge is 2.18. The molecule has 0 aliphatic rings. The third kappa shape index (κ3) is 4.30. The molecule has 29 heavy (non-hydrogen) atoms. The Hall–Kier alpha value is -3.99. The number of hydrogen-bond donors (Lipinski definition) is 2. The van der Waals surface area contributed by atoms with Crippen LogP contribution in [0, 0.1) is 25.2 Å². The van der Waals surface area contributed by atoms with E-state index in [0.717, 1.165) is 28.1 Å². The number of nitrogens with two attached hydrogens (primary N) is 1. The average Bonchev–Trinajstić information content (AvgIpc) is 3.10. The van der Waals surface area contributed by atoms with Crippen LogP contribution in [0.15, 0.2) is 41.5 Å². The summed E-state index contributed by atoms with van der Waals surface area (Å²) < 4.78 is 1.51. The average molecular weight is 387 g/mol. The minimum atomic E-state index is -0.366. The lowest BCUT2D eigenvalue weighted by Crippen LogP contribution is -2.24. The van der Waals surface area contributed by atoms with Crippen LogP contribution in [0.25, 0.3) is 0 Å². The number of aromatic nitrogens is 3. The van der Waals surface area contributed by atoms with Crippen LogP contribution >= 0.6 is 0 Å². The number of aryl methyl sites for hydroxylation is 2. The molecule has 0 spiro atoms. The van der Waals surface area contributed by atoms with Crippen molar-refractivity contribution >= 4 is 24.1 Å². The van der Waals surface area contributed by atoms with E-state index in [1.54, 1.807) is 6.07 Å². The molecule has 3 rings (SSSR count). The predicted octanol–water partition coefficient (Wildman–Crippen LogP) is 2.66. The largest absolute Gasteiger partial charge is 0.384 e. The van der Waals surface area contributed by atoms with Crippen LogP contribution in [-0.2, 0) is 13.1 Å². The normalized spacial score (nSPS) is 10.4. The molecular weight excluding hydrogens is 366 g/mol. The van der Waals surface area contributed by atoms with E-state index >= 15 is 0 Å². The van der Waals surface area contributed by atoms with Crippen molar-refractivity contribution in [3.8, 4) is 6.07 Å². The summed E-state index contributed by atoms with van der Waals surface area (Å²) in [4.78, 5) is 20.7. The second-order valence-corrected chi connectivity index (χ2v) is 6.61. The number of benzene rings is 1. The maximum absolute atomic E-state index is 12.7. The van der Waals surface area contributed by atoms with E-state index < -0.39 is 0 Å². The summed E-state index contributed by atoms with van der Waals surface area (Å²) in [6.07, 6.45) is 1.41. The minimum Gasteiger partial charge on any atom is -0.384 e. The third-order valence-corrected chi connectivity index (χ3v) is 4.64. The van der Waals surface area contributed by atoms with E-state index in [4.69, 9.17) is 5.73 Å². The molecule has 0 fully saturated rings. The minimum absolute atomic E-state index is 0.206. The molecule has 8 nitrogen and oxygen atoms in total. The molecule has 0 aliphatic carbocycles. The van der Waals surface area contributed by atoms with Gasteiger partial charge in [-0.1, -0.05) is 12.1 Å². The molecule has 8 heteroatoms. The molecule has 1 amide bonds. The first-order chi connectivity index (χ1) is 13.9. The molecule has 0 saturated heterocycles. The molecule has 3 aromatic rings. The first-order valence-corrected chi connectivity index (χ1v) is 8.95. The predicted molar refractivity (Wildman–Crippen MR) is 111 cm³/mol. The van der Waals surface area contributed by atoms with Crippen molar-refractivity contribution < 1.29 is 4.79 Å². The summed E-state index contributed by atoms with van der Waals surface area (Å²) in [5.74, 6) is 0.0784. The van der Waals surface area contributed by atoms with Gasteiger partial charge in [-0.25, -0.2) is 9.67 Å². The van der Waals surface area contributed by atoms with E-state index in [2.05, 4.69) is 33.2 Å². The highest BCUT2D eigenvalue weighted by molar-refractivity contribution is 5.96. The summed E-state index contributed by atoms with van der Waals surface area (Å²) in [6, 6.07) is 11.3. The summed E-state index contributed by atoms with van der Waals surface area (Å²) in [6.45, 7) is 7.90. The van der Waals surface area contributed by atoms with Gasteiger partial charge < -0.3 is 11.1 Å². The van der Waals surface area contributed by atoms with Crippen LogP contribution in [0.2, 0.25) is 0 Å². The van der Waals surface area contributed by atoms with Crippen LogP contribution in [0.1, 0.15) is 38.4 Å². The Morgan fingerprint density at radius 2 is 2.07 bits per heavy atom. The molecule has 0 aliphatic heterocycles. The zero-order valence-corrected chi connectivity index (χ0v) is 16.3. The molecular formula is C21H21N7O. The molecule has 0 saturated carbocycles. The van der Waals surface area contributed by atoms with E-state index in [0.29, 0.717) is 12.4 Å². The van der Waals surface area contributed by atoms with Gasteiger partial charge in [-0.2, -0.15) is 10.4 Å². The van der Waals surface area contributed by atoms with Gasteiger partial charge in [0.25, 0.3) is 5.91 Å². The van der Waals surface area contributed by atoms with Crippen LogP contribution in [-0.4, -0.2) is 27.4 Å². The lowest BCUT2D eigenvalue weighted by Gasteiger charge is -2.11. The van der Waals surface area contributed by atoms with Crippen molar-refractivity contribution in [1.82, 2.24) is 20.1 Å². The Balaban J connectivity index is 1.76. The number of nitrogens with zero attached hydrogens (tertiary/aromatic N) is 5. The van der Waals surface area contributed by atoms with Crippen molar-refractivity contribution in [1.29, 1.82) is 5.26 Å². The van der Waals surface area contributed by atoms with Gasteiger partial charge in [-0.3, -0.25) is 9.79 Å². The van der Waals surface area contributed by atoms with Gasteiger partial charge in [-0.05, 0) is 55.5 Å². The summed E-state index contributed by atoms with van der Waals surface area (Å²) in [7, 11) is 0. The number of anilines is 1. The summed E-state index contributed by atoms with van der Waals surface area (Å²) >= 11 is 0. The first kappa shape index (κ1) is 19.8. The number of nitrogens with one attached hydrogen (secondary N) is 1. The molecule has 0 radical (unpaired) electrons. The standard InChI is InChI=1S/C21H21N7O/c1-13-8-20(23)27-14(2)17(13)10-25-21(29)18-11-26-28(19(18)9-22)12-15-4-6-16(24-3)7-5-15/h4-8,11H,3,10,12H2,1-2H3,(H2,23,27)(H,25,29). The molecule has 146 valence electrons. The fraction of sp³-hybridized carbons (Fsp3) is 0.190. The molecule has 1 aromatic carbocycles. The lowest BCUT2D eigenvalue weighted by atomic mass is 10.1. The second kappa shape index (κ2) is 8.35. The fourth-order valence-electron chi connectivity index (χ4n) is 3.09. The van der Waals surface area contributed by atoms with E-state index in [1.807, 2.05) is 38.1 Å². The molecule has 0 unspecified atom stereocenters. The SMILES string of the molecule is C=Nc1ccc(Cn2ncc(C(=O)NCc3c(C)cc(N)nc3C)c2C#N)cc1. The smallest absolute Gasteiger partial charge is 0.256 e. The monoisotopic (exact) mass is 387 g/mol. The van der Waals surface area contributed by atoms with E-state index in [9.17, 15) is 10.1 Å². The van der Waals surface area contributed by atoms with Crippen molar-refractivity contribution in [2.75, 3.05) is 5.73 Å². The second-order valence-electron chi connectivity index (χ2n) is 6.61. The van der Waals surface area contributed by atoms with Crippen LogP contribution in [0.5, 0.6) is 0 Å². The number of nitriles is 1. The number of nitrogen functional groups attached to an aromatic ring is 1. The number of carbonyl (C=O) groups is 1. The molecule has 2 heterocycles. The first-order valence-electron chi connectivity index (χ1n) is 8.95. The fourth-order valence-corrected chi connectivity index (χ4v) is 3.09. The molecule has 0 atom stereocenters. The Labute approximate surface area is 168 Å². The zero-order chi connectivity index (χ0) is 21.0. The van der Waals surface area contributed by atoms with Crippen molar-refractivity contribution in [2.45, 2.75) is 26.9 Å². The number of amides is 1. The van der Waals surface area contributed by atoms with Gasteiger partial charge in [0.15, 0.2) is 5.69 Å². The Morgan fingerprint density at radius 1 is 1.34 bits per heavy atom. The van der Waals surface area contributed by atoms with Crippen LogP contribution in [0.3, 0.4) is 0 Å². The number of hydrogen-bond acceptors (Lipinski definition) is 6. The van der Waals surface area contributed by atoms with Gasteiger partial charge in [0.2, 0.25) is 0 Å². The Morgan fingerprint density at radius 3 is 2.69 bits per heavy atom. The van der Waals surface area contributed by atoms with Crippen molar-refractivity contribution in [3.63, 3.8) is 0 Å². The van der Waals surface area contributed by atoms with Gasteiger partial charge in [0.05, 0.1) is 24.0 Å². The van der Waals surface area contributed by atoms with Crippen molar-refractivity contribution in [2.24, 2.45) is 4.99 Å². The van der Waals surface area contributed by atoms with Crippen molar-refractivity contribution in [3.05, 3.63) is 70.2 Å². The van der Waals surface area contributed by atoms with Gasteiger partial charge >= 0.3 is 0 Å².